The molecule has 2 amide bonds. The van der Waals surface area contributed by atoms with Gasteiger partial charge in [0.15, 0.2) is 0 Å². The van der Waals surface area contributed by atoms with Crippen molar-refractivity contribution in [2.24, 2.45) is 5.73 Å². The highest BCUT2D eigenvalue weighted by Gasteiger charge is 2.12. The summed E-state index contributed by atoms with van der Waals surface area (Å²) in [5.41, 5.74) is 5.10. The Morgan fingerprint density at radius 3 is 2.75 bits per heavy atom. The third-order valence-corrected chi connectivity index (χ3v) is 1.89. The molecule has 6 heteroatoms. The molecule has 0 aromatic carbocycles. The number of nitrogens with two attached hydrogens (primary N) is 1. The number of amides is 2. The molecule has 3 N–H and O–H groups in total. The number of hydrogen-bond acceptors (Lipinski definition) is 4. The standard InChI is InChI=1S/C10H19N3O3/c1-3-4-13(5-6-16-2)10(15)8-12-9(14)7-11/h3H,1,4-8,11H2,2H3,(H,12,14). The van der Waals surface area contributed by atoms with Crippen molar-refractivity contribution in [3.05, 3.63) is 12.7 Å². The quantitative estimate of drug-likeness (QED) is 0.508. The van der Waals surface area contributed by atoms with Crippen LogP contribution in [-0.4, -0.2) is 56.6 Å². The summed E-state index contributed by atoms with van der Waals surface area (Å²) >= 11 is 0. The van der Waals surface area contributed by atoms with E-state index in [1.165, 1.54) is 0 Å². The number of nitrogens with one attached hydrogen (secondary N) is 1. The van der Waals surface area contributed by atoms with E-state index in [9.17, 15) is 9.59 Å². The van der Waals surface area contributed by atoms with Gasteiger partial charge in [-0.1, -0.05) is 6.08 Å². The van der Waals surface area contributed by atoms with Gasteiger partial charge in [-0.3, -0.25) is 9.59 Å². The summed E-state index contributed by atoms with van der Waals surface area (Å²) in [4.78, 5) is 24.0. The summed E-state index contributed by atoms with van der Waals surface area (Å²) in [5, 5.41) is 2.42. The molecule has 92 valence electrons. The molecule has 0 fully saturated rings. The molecule has 0 radical (unpaired) electrons. The third kappa shape index (κ3) is 6.15. The monoisotopic (exact) mass is 229 g/mol. The van der Waals surface area contributed by atoms with Crippen LogP contribution >= 0.6 is 0 Å². The van der Waals surface area contributed by atoms with Gasteiger partial charge >= 0.3 is 0 Å². The maximum Gasteiger partial charge on any atom is 0.242 e. The van der Waals surface area contributed by atoms with E-state index in [0.29, 0.717) is 19.7 Å². The molecule has 0 aliphatic carbocycles. The molecule has 0 atom stereocenters. The lowest BCUT2D eigenvalue weighted by molar-refractivity contribution is -0.132. The molecule has 0 unspecified atom stereocenters. The summed E-state index contributed by atoms with van der Waals surface area (Å²) in [6.07, 6.45) is 1.62. The normalized spacial score (nSPS) is 9.62. The molecule has 0 saturated heterocycles. The van der Waals surface area contributed by atoms with Crippen molar-refractivity contribution in [3.8, 4) is 0 Å². The zero-order chi connectivity index (χ0) is 12.4. The maximum atomic E-state index is 11.6. The molecular formula is C10H19N3O3. The first-order valence-corrected chi connectivity index (χ1v) is 5.00. The van der Waals surface area contributed by atoms with Crippen LogP contribution in [0, 0.1) is 0 Å². The number of nitrogens with zero attached hydrogens (tertiary/aromatic N) is 1. The van der Waals surface area contributed by atoms with Crippen molar-refractivity contribution < 1.29 is 14.3 Å². The first-order chi connectivity index (χ1) is 7.65. The first kappa shape index (κ1) is 14.6. The van der Waals surface area contributed by atoms with Crippen LogP contribution in [0.15, 0.2) is 12.7 Å². The smallest absolute Gasteiger partial charge is 0.242 e. The van der Waals surface area contributed by atoms with Crippen LogP contribution in [0.25, 0.3) is 0 Å². The Labute approximate surface area is 95.4 Å². The van der Waals surface area contributed by atoms with Crippen LogP contribution in [0.4, 0.5) is 0 Å². The Kier molecular flexibility index (Phi) is 8.10. The fourth-order valence-electron chi connectivity index (χ4n) is 1.03. The van der Waals surface area contributed by atoms with Gasteiger partial charge < -0.3 is 20.7 Å². The van der Waals surface area contributed by atoms with Crippen molar-refractivity contribution in [1.82, 2.24) is 10.2 Å². The number of rotatable bonds is 8. The molecule has 0 spiro atoms. The lowest BCUT2D eigenvalue weighted by atomic mass is 10.4. The zero-order valence-electron chi connectivity index (χ0n) is 9.57. The number of carbonyl (C=O) groups excluding carboxylic acids is 2. The molecule has 0 heterocycles. The van der Waals surface area contributed by atoms with E-state index in [1.54, 1.807) is 18.1 Å². The Morgan fingerprint density at radius 2 is 2.25 bits per heavy atom. The molecule has 0 aliphatic heterocycles. The van der Waals surface area contributed by atoms with Gasteiger partial charge in [0.2, 0.25) is 11.8 Å². The number of methoxy groups -OCH3 is 1. The number of ether oxygens (including phenoxy) is 1. The Morgan fingerprint density at radius 1 is 1.56 bits per heavy atom. The topological polar surface area (TPSA) is 84.7 Å². The summed E-state index contributed by atoms with van der Waals surface area (Å²) in [5.74, 6) is -0.530. The van der Waals surface area contributed by atoms with E-state index in [4.69, 9.17) is 10.5 Å². The molecule has 16 heavy (non-hydrogen) atoms. The Hall–Kier alpha value is -1.40. The fourth-order valence-corrected chi connectivity index (χ4v) is 1.03. The lowest BCUT2D eigenvalue weighted by Gasteiger charge is -2.20. The molecule has 0 saturated carbocycles. The predicted molar refractivity (Wildman–Crippen MR) is 60.7 cm³/mol. The summed E-state index contributed by atoms with van der Waals surface area (Å²) in [6, 6.07) is 0. The van der Waals surface area contributed by atoms with Crippen molar-refractivity contribution >= 4 is 11.8 Å². The van der Waals surface area contributed by atoms with Crippen LogP contribution in [0.1, 0.15) is 0 Å². The van der Waals surface area contributed by atoms with Gasteiger partial charge in [0.1, 0.15) is 0 Å². The minimum absolute atomic E-state index is 0.0480. The molecule has 6 nitrogen and oxygen atoms in total. The molecule has 0 aromatic heterocycles. The lowest BCUT2D eigenvalue weighted by Crippen LogP contribution is -2.43. The molecule has 0 aliphatic rings. The highest BCUT2D eigenvalue weighted by atomic mass is 16.5. The van der Waals surface area contributed by atoms with Crippen molar-refractivity contribution in [3.63, 3.8) is 0 Å². The fraction of sp³-hybridized carbons (Fsp3) is 0.600. The number of carbonyl (C=O) groups is 2. The van der Waals surface area contributed by atoms with Crippen LogP contribution in [0.3, 0.4) is 0 Å². The maximum absolute atomic E-state index is 11.6. The average molecular weight is 229 g/mol. The van der Waals surface area contributed by atoms with E-state index in [-0.39, 0.29) is 24.9 Å². The average Bonchev–Trinajstić information content (AvgIpc) is 2.30. The van der Waals surface area contributed by atoms with Crippen molar-refractivity contribution in [1.29, 1.82) is 0 Å². The van der Waals surface area contributed by atoms with Crippen LogP contribution in [0.5, 0.6) is 0 Å². The second-order valence-corrected chi connectivity index (χ2v) is 3.10. The van der Waals surface area contributed by atoms with E-state index >= 15 is 0 Å². The minimum atomic E-state index is -0.348. The zero-order valence-corrected chi connectivity index (χ0v) is 9.57. The number of hydrogen-bond donors (Lipinski definition) is 2. The third-order valence-electron chi connectivity index (χ3n) is 1.89. The van der Waals surface area contributed by atoms with Gasteiger partial charge in [-0.15, -0.1) is 6.58 Å². The first-order valence-electron chi connectivity index (χ1n) is 5.00. The second-order valence-electron chi connectivity index (χ2n) is 3.10. The second kappa shape index (κ2) is 8.87. The van der Waals surface area contributed by atoms with E-state index in [2.05, 4.69) is 11.9 Å². The molecule has 0 bridgehead atoms. The van der Waals surface area contributed by atoms with Crippen LogP contribution < -0.4 is 11.1 Å². The van der Waals surface area contributed by atoms with Gasteiger partial charge in [0, 0.05) is 20.2 Å². The van der Waals surface area contributed by atoms with Crippen molar-refractivity contribution in [2.75, 3.05) is 39.9 Å². The van der Waals surface area contributed by atoms with Gasteiger partial charge in [0.05, 0.1) is 19.7 Å². The van der Waals surface area contributed by atoms with Crippen LogP contribution in [0.2, 0.25) is 0 Å². The van der Waals surface area contributed by atoms with E-state index < -0.39 is 0 Å². The Bertz CT molecular complexity index is 243. The van der Waals surface area contributed by atoms with E-state index in [1.807, 2.05) is 0 Å². The molecule has 0 aromatic rings. The van der Waals surface area contributed by atoms with Gasteiger partial charge in [-0.25, -0.2) is 0 Å². The SMILES string of the molecule is C=CCN(CCOC)C(=O)CNC(=O)CN. The largest absolute Gasteiger partial charge is 0.383 e. The van der Waals surface area contributed by atoms with Gasteiger partial charge in [-0.2, -0.15) is 0 Å². The minimum Gasteiger partial charge on any atom is -0.383 e. The summed E-state index contributed by atoms with van der Waals surface area (Å²) < 4.78 is 4.88. The summed E-state index contributed by atoms with van der Waals surface area (Å²) in [7, 11) is 1.56. The Balaban J connectivity index is 4.05. The molecule has 0 rings (SSSR count). The predicted octanol–water partition coefficient (Wildman–Crippen LogP) is -1.28. The van der Waals surface area contributed by atoms with Gasteiger partial charge in [0.25, 0.3) is 0 Å². The van der Waals surface area contributed by atoms with Crippen molar-refractivity contribution in [2.45, 2.75) is 0 Å². The van der Waals surface area contributed by atoms with E-state index in [0.717, 1.165) is 0 Å². The summed E-state index contributed by atoms with van der Waals surface area (Å²) in [6.45, 7) is 4.75. The molecular weight excluding hydrogens is 210 g/mol. The highest BCUT2D eigenvalue weighted by molar-refractivity contribution is 5.85. The highest BCUT2D eigenvalue weighted by Crippen LogP contribution is 1.90. The van der Waals surface area contributed by atoms with Crippen LogP contribution in [-0.2, 0) is 14.3 Å². The van der Waals surface area contributed by atoms with Gasteiger partial charge in [-0.05, 0) is 0 Å².